The van der Waals surface area contributed by atoms with E-state index >= 15 is 0 Å². The Morgan fingerprint density at radius 1 is 1.40 bits per heavy atom. The van der Waals surface area contributed by atoms with Crippen molar-refractivity contribution in [1.29, 1.82) is 0 Å². The first kappa shape index (κ1) is 12.3. The fraction of sp³-hybridized carbons (Fsp3) is 0.818. The van der Waals surface area contributed by atoms with E-state index in [1.54, 1.807) is 7.11 Å². The maximum atomic E-state index is 5.60. The van der Waals surface area contributed by atoms with Crippen molar-refractivity contribution in [3.63, 3.8) is 0 Å². The van der Waals surface area contributed by atoms with Gasteiger partial charge >= 0.3 is 0 Å². The molecule has 0 N–H and O–H groups in total. The van der Waals surface area contributed by atoms with Gasteiger partial charge in [0.05, 0.1) is 6.61 Å². The highest BCUT2D eigenvalue weighted by molar-refractivity contribution is 4.85. The standard InChI is InChI=1S/C11H22N2O2/c1-4-11(2)5-8-15-13-7-6-12(9-13)10-14-3/h6-7,11H,4-5,8-10H2,1-3H3. The van der Waals surface area contributed by atoms with Crippen molar-refractivity contribution >= 4 is 0 Å². The SMILES string of the molecule is CCC(C)CCON1C=CN(COC)C1. The normalized spacial score (nSPS) is 17.5. The van der Waals surface area contributed by atoms with Gasteiger partial charge < -0.3 is 9.64 Å². The molecule has 0 spiro atoms. The largest absolute Gasteiger partial charge is 0.364 e. The highest BCUT2D eigenvalue weighted by Crippen LogP contribution is 2.10. The van der Waals surface area contributed by atoms with Crippen molar-refractivity contribution in [3.8, 4) is 0 Å². The number of rotatable bonds is 7. The highest BCUT2D eigenvalue weighted by Gasteiger charge is 2.12. The maximum absolute atomic E-state index is 5.60. The number of nitrogens with zero attached hydrogens (tertiary/aromatic N) is 2. The van der Waals surface area contributed by atoms with Crippen LogP contribution in [0.25, 0.3) is 0 Å². The summed E-state index contributed by atoms with van der Waals surface area (Å²) in [5.41, 5.74) is 0. The number of hydrogen-bond donors (Lipinski definition) is 0. The molecule has 0 radical (unpaired) electrons. The summed E-state index contributed by atoms with van der Waals surface area (Å²) in [6.07, 6.45) is 6.25. The van der Waals surface area contributed by atoms with Gasteiger partial charge in [0.1, 0.15) is 13.4 Å². The molecule has 0 aromatic carbocycles. The topological polar surface area (TPSA) is 24.9 Å². The smallest absolute Gasteiger partial charge is 0.119 e. The molecule has 0 bridgehead atoms. The van der Waals surface area contributed by atoms with E-state index in [9.17, 15) is 0 Å². The summed E-state index contributed by atoms with van der Waals surface area (Å²) in [5.74, 6) is 0.742. The third-order valence-electron chi connectivity index (χ3n) is 2.62. The van der Waals surface area contributed by atoms with Crippen LogP contribution in [0.1, 0.15) is 26.7 Å². The van der Waals surface area contributed by atoms with E-state index < -0.39 is 0 Å². The Hall–Kier alpha value is -0.740. The third kappa shape index (κ3) is 4.53. The second-order valence-electron chi connectivity index (χ2n) is 4.00. The van der Waals surface area contributed by atoms with Gasteiger partial charge in [0.2, 0.25) is 0 Å². The molecule has 0 saturated carbocycles. The maximum Gasteiger partial charge on any atom is 0.119 e. The van der Waals surface area contributed by atoms with E-state index in [1.165, 1.54) is 6.42 Å². The lowest BCUT2D eigenvalue weighted by atomic mass is 10.1. The van der Waals surface area contributed by atoms with Gasteiger partial charge in [0.15, 0.2) is 0 Å². The molecule has 1 heterocycles. The van der Waals surface area contributed by atoms with E-state index in [4.69, 9.17) is 9.57 Å². The zero-order valence-corrected chi connectivity index (χ0v) is 9.98. The lowest BCUT2D eigenvalue weighted by Gasteiger charge is -2.20. The molecule has 4 nitrogen and oxygen atoms in total. The molecule has 1 aliphatic rings. The van der Waals surface area contributed by atoms with Crippen LogP contribution in [0.15, 0.2) is 12.4 Å². The van der Waals surface area contributed by atoms with Gasteiger partial charge in [-0.25, -0.2) is 5.06 Å². The van der Waals surface area contributed by atoms with E-state index in [2.05, 4.69) is 13.8 Å². The molecule has 15 heavy (non-hydrogen) atoms. The van der Waals surface area contributed by atoms with Gasteiger partial charge in [-0.3, -0.25) is 4.84 Å². The Labute approximate surface area is 92.4 Å². The average molecular weight is 214 g/mol. The molecule has 0 aliphatic carbocycles. The fourth-order valence-electron chi connectivity index (χ4n) is 1.35. The fourth-order valence-corrected chi connectivity index (χ4v) is 1.35. The van der Waals surface area contributed by atoms with Crippen molar-refractivity contribution in [3.05, 3.63) is 12.4 Å². The zero-order chi connectivity index (χ0) is 11.1. The Bertz CT molecular complexity index is 197. The zero-order valence-electron chi connectivity index (χ0n) is 9.98. The predicted molar refractivity (Wildman–Crippen MR) is 59.6 cm³/mol. The van der Waals surface area contributed by atoms with Gasteiger partial charge in [0, 0.05) is 19.5 Å². The number of hydroxylamine groups is 2. The Morgan fingerprint density at radius 3 is 2.87 bits per heavy atom. The summed E-state index contributed by atoms with van der Waals surface area (Å²) in [6.45, 7) is 6.62. The quantitative estimate of drug-likeness (QED) is 0.647. The van der Waals surface area contributed by atoms with Gasteiger partial charge in [-0.05, 0) is 12.3 Å². The minimum Gasteiger partial charge on any atom is -0.364 e. The molecule has 4 heteroatoms. The third-order valence-corrected chi connectivity index (χ3v) is 2.62. The molecule has 0 amide bonds. The van der Waals surface area contributed by atoms with Crippen LogP contribution in [0, 0.1) is 5.92 Å². The summed E-state index contributed by atoms with van der Waals surface area (Å²) in [6, 6.07) is 0. The van der Waals surface area contributed by atoms with Crippen LogP contribution in [-0.2, 0) is 9.57 Å². The van der Waals surface area contributed by atoms with Crippen LogP contribution in [0.3, 0.4) is 0 Å². The lowest BCUT2D eigenvalue weighted by Crippen LogP contribution is -2.27. The van der Waals surface area contributed by atoms with Crippen LogP contribution in [0.5, 0.6) is 0 Å². The second kappa shape index (κ2) is 6.69. The van der Waals surface area contributed by atoms with E-state index in [-0.39, 0.29) is 0 Å². The van der Waals surface area contributed by atoms with Crippen LogP contribution in [0.2, 0.25) is 0 Å². The van der Waals surface area contributed by atoms with Crippen molar-refractivity contribution in [1.82, 2.24) is 9.96 Å². The van der Waals surface area contributed by atoms with E-state index in [0.29, 0.717) is 6.73 Å². The average Bonchev–Trinajstić information content (AvgIpc) is 2.66. The van der Waals surface area contributed by atoms with E-state index in [0.717, 1.165) is 25.6 Å². The molecular weight excluding hydrogens is 192 g/mol. The summed E-state index contributed by atoms with van der Waals surface area (Å²) in [5, 5.41) is 1.85. The first-order chi connectivity index (χ1) is 7.26. The molecular formula is C11H22N2O2. The first-order valence-corrected chi connectivity index (χ1v) is 5.57. The van der Waals surface area contributed by atoms with Crippen molar-refractivity contribution in [2.75, 3.05) is 27.1 Å². The van der Waals surface area contributed by atoms with Crippen LogP contribution >= 0.6 is 0 Å². The van der Waals surface area contributed by atoms with Crippen molar-refractivity contribution in [2.45, 2.75) is 26.7 Å². The molecule has 0 aromatic rings. The number of ether oxygens (including phenoxy) is 1. The predicted octanol–water partition coefficient (Wildman–Crippen LogP) is 2.00. The highest BCUT2D eigenvalue weighted by atomic mass is 16.7. The van der Waals surface area contributed by atoms with Gasteiger partial charge in [-0.15, -0.1) is 0 Å². The molecule has 0 aromatic heterocycles. The lowest BCUT2D eigenvalue weighted by molar-refractivity contribution is -0.137. The molecule has 1 aliphatic heterocycles. The van der Waals surface area contributed by atoms with Gasteiger partial charge in [0.25, 0.3) is 0 Å². The molecule has 1 rings (SSSR count). The van der Waals surface area contributed by atoms with Crippen LogP contribution in [0.4, 0.5) is 0 Å². The Balaban J connectivity index is 2.07. The van der Waals surface area contributed by atoms with Crippen molar-refractivity contribution < 1.29 is 9.57 Å². The van der Waals surface area contributed by atoms with Crippen molar-refractivity contribution in [2.24, 2.45) is 5.92 Å². The molecule has 0 fully saturated rings. The van der Waals surface area contributed by atoms with Gasteiger partial charge in [-0.1, -0.05) is 20.3 Å². The Morgan fingerprint density at radius 2 is 2.20 bits per heavy atom. The van der Waals surface area contributed by atoms with Crippen LogP contribution in [-0.4, -0.2) is 37.1 Å². The number of methoxy groups -OCH3 is 1. The molecule has 1 atom stereocenters. The Kier molecular flexibility index (Phi) is 5.50. The molecule has 1 unspecified atom stereocenters. The number of hydrogen-bond acceptors (Lipinski definition) is 4. The first-order valence-electron chi connectivity index (χ1n) is 5.57. The summed E-state index contributed by atoms with van der Waals surface area (Å²) in [7, 11) is 1.69. The van der Waals surface area contributed by atoms with Crippen LogP contribution < -0.4 is 0 Å². The minimum absolute atomic E-state index is 0.613. The summed E-state index contributed by atoms with van der Waals surface area (Å²) in [4.78, 5) is 7.65. The summed E-state index contributed by atoms with van der Waals surface area (Å²) >= 11 is 0. The monoisotopic (exact) mass is 214 g/mol. The summed E-state index contributed by atoms with van der Waals surface area (Å²) < 4.78 is 5.03. The second-order valence-corrected chi connectivity index (χ2v) is 4.00. The van der Waals surface area contributed by atoms with Gasteiger partial charge in [-0.2, -0.15) is 0 Å². The molecule has 88 valence electrons. The minimum atomic E-state index is 0.613. The van der Waals surface area contributed by atoms with E-state index in [1.807, 2.05) is 22.4 Å². The molecule has 0 saturated heterocycles.